The van der Waals surface area contributed by atoms with E-state index in [1.807, 2.05) is 11.8 Å². The molecule has 1 saturated heterocycles. The first kappa shape index (κ1) is 20.6. The first-order valence-electron chi connectivity index (χ1n) is 10.3. The lowest BCUT2D eigenvalue weighted by Gasteiger charge is -2.37. The number of aromatic nitrogens is 2. The second kappa shape index (κ2) is 8.24. The molecule has 1 unspecified atom stereocenters. The minimum Gasteiger partial charge on any atom is -0.355 e. The van der Waals surface area contributed by atoms with Gasteiger partial charge in [0.2, 0.25) is 5.91 Å². The second-order valence-corrected chi connectivity index (χ2v) is 8.10. The lowest BCUT2D eigenvalue weighted by molar-refractivity contribution is -0.139. The Morgan fingerprint density at radius 2 is 1.90 bits per heavy atom. The predicted octanol–water partition coefficient (Wildman–Crippen LogP) is 4.46. The molecule has 1 atom stereocenters. The van der Waals surface area contributed by atoms with E-state index < -0.39 is 11.7 Å². The zero-order valence-corrected chi connectivity index (χ0v) is 16.8. The zero-order valence-electron chi connectivity index (χ0n) is 16.8. The lowest BCUT2D eigenvalue weighted by atomic mass is 9.93. The van der Waals surface area contributed by atoms with Crippen LogP contribution in [0.15, 0.2) is 42.9 Å². The second-order valence-electron chi connectivity index (χ2n) is 8.10. The molecule has 1 aromatic heterocycles. The summed E-state index contributed by atoms with van der Waals surface area (Å²) >= 11 is 0. The van der Waals surface area contributed by atoms with E-state index in [-0.39, 0.29) is 23.9 Å². The van der Waals surface area contributed by atoms with Crippen LogP contribution in [-0.4, -0.2) is 39.9 Å². The van der Waals surface area contributed by atoms with Gasteiger partial charge in [0.25, 0.3) is 0 Å². The molecule has 30 heavy (non-hydrogen) atoms. The van der Waals surface area contributed by atoms with E-state index in [2.05, 4.69) is 14.9 Å². The summed E-state index contributed by atoms with van der Waals surface area (Å²) in [7, 11) is 0. The van der Waals surface area contributed by atoms with Crippen LogP contribution >= 0.6 is 0 Å². The molecule has 8 heteroatoms. The number of nitrogens with zero attached hydrogens (tertiary/aromatic N) is 4. The smallest absolute Gasteiger partial charge is 0.355 e. The SMILES string of the molecule is CC(c1cccc(C(F)(F)F)c1)N(C(=O)C1CCN(c2cnccn2)CC1)C1CC1. The number of amides is 1. The molecule has 0 spiro atoms. The average Bonchev–Trinajstić information content (AvgIpc) is 3.59. The van der Waals surface area contributed by atoms with Gasteiger partial charge in [-0.3, -0.25) is 9.78 Å². The molecule has 2 aliphatic rings. The van der Waals surface area contributed by atoms with Crippen LogP contribution in [0, 0.1) is 5.92 Å². The molecule has 0 N–H and O–H groups in total. The van der Waals surface area contributed by atoms with Crippen molar-refractivity contribution in [3.05, 3.63) is 54.0 Å². The first-order chi connectivity index (χ1) is 14.3. The normalized spacial score (nSPS) is 18.9. The molecule has 1 aromatic carbocycles. The molecule has 160 valence electrons. The van der Waals surface area contributed by atoms with E-state index in [1.54, 1.807) is 24.7 Å². The van der Waals surface area contributed by atoms with E-state index in [0.29, 0.717) is 31.5 Å². The van der Waals surface area contributed by atoms with Crippen LogP contribution in [0.1, 0.15) is 49.8 Å². The van der Waals surface area contributed by atoms with E-state index in [9.17, 15) is 18.0 Å². The van der Waals surface area contributed by atoms with Crippen molar-refractivity contribution >= 4 is 11.7 Å². The number of carbonyl (C=O) groups excluding carboxylic acids is 1. The van der Waals surface area contributed by atoms with Crippen molar-refractivity contribution < 1.29 is 18.0 Å². The van der Waals surface area contributed by atoms with Gasteiger partial charge < -0.3 is 9.80 Å². The van der Waals surface area contributed by atoms with Gasteiger partial charge in [-0.1, -0.05) is 12.1 Å². The van der Waals surface area contributed by atoms with Gasteiger partial charge in [-0.2, -0.15) is 13.2 Å². The third kappa shape index (κ3) is 4.42. The molecule has 1 aliphatic carbocycles. The fourth-order valence-electron chi connectivity index (χ4n) is 4.20. The van der Waals surface area contributed by atoms with Crippen molar-refractivity contribution in [2.24, 2.45) is 5.92 Å². The summed E-state index contributed by atoms with van der Waals surface area (Å²) in [5.74, 6) is 0.743. The highest BCUT2D eigenvalue weighted by atomic mass is 19.4. The number of carbonyl (C=O) groups is 1. The van der Waals surface area contributed by atoms with Gasteiger partial charge in [0.05, 0.1) is 17.8 Å². The molecule has 1 saturated carbocycles. The fourth-order valence-corrected chi connectivity index (χ4v) is 4.20. The first-order valence-corrected chi connectivity index (χ1v) is 10.3. The molecule has 2 heterocycles. The molecule has 0 radical (unpaired) electrons. The van der Waals surface area contributed by atoms with Crippen LogP contribution in [-0.2, 0) is 11.0 Å². The maximum absolute atomic E-state index is 13.4. The Balaban J connectivity index is 1.46. The number of alkyl halides is 3. The summed E-state index contributed by atoms with van der Waals surface area (Å²) in [6.45, 7) is 3.26. The maximum Gasteiger partial charge on any atom is 0.416 e. The third-order valence-corrected chi connectivity index (χ3v) is 6.03. The van der Waals surface area contributed by atoms with Crippen molar-refractivity contribution in [1.82, 2.24) is 14.9 Å². The highest BCUT2D eigenvalue weighted by molar-refractivity contribution is 5.80. The molecular weight excluding hydrogens is 393 g/mol. The number of anilines is 1. The summed E-state index contributed by atoms with van der Waals surface area (Å²) in [6.07, 6.45) is 3.83. The van der Waals surface area contributed by atoms with Crippen LogP contribution in [0.5, 0.6) is 0 Å². The number of rotatable bonds is 5. The van der Waals surface area contributed by atoms with E-state index in [0.717, 1.165) is 24.7 Å². The zero-order chi connectivity index (χ0) is 21.3. The van der Waals surface area contributed by atoms with Gasteiger partial charge in [0.15, 0.2) is 0 Å². The number of benzene rings is 1. The Bertz CT molecular complexity index is 877. The van der Waals surface area contributed by atoms with Crippen molar-refractivity contribution in [3.63, 3.8) is 0 Å². The number of halogens is 3. The number of hydrogen-bond donors (Lipinski definition) is 0. The van der Waals surface area contributed by atoms with Crippen LogP contribution in [0.4, 0.5) is 19.0 Å². The summed E-state index contributed by atoms with van der Waals surface area (Å²) < 4.78 is 39.4. The monoisotopic (exact) mass is 418 g/mol. The molecule has 1 amide bonds. The number of piperidine rings is 1. The van der Waals surface area contributed by atoms with Crippen LogP contribution < -0.4 is 4.90 Å². The van der Waals surface area contributed by atoms with Crippen LogP contribution in [0.3, 0.4) is 0 Å². The predicted molar refractivity (Wildman–Crippen MR) is 107 cm³/mol. The van der Waals surface area contributed by atoms with Gasteiger partial charge in [-0.05, 0) is 50.3 Å². The minimum atomic E-state index is -4.39. The van der Waals surface area contributed by atoms with E-state index >= 15 is 0 Å². The highest BCUT2D eigenvalue weighted by Gasteiger charge is 2.40. The quantitative estimate of drug-likeness (QED) is 0.719. The number of hydrogen-bond acceptors (Lipinski definition) is 4. The Labute approximate surface area is 173 Å². The lowest BCUT2D eigenvalue weighted by Crippen LogP contribution is -2.44. The Morgan fingerprint density at radius 3 is 2.50 bits per heavy atom. The Kier molecular flexibility index (Phi) is 5.66. The standard InChI is InChI=1S/C22H25F3N4O/c1-15(17-3-2-4-18(13-17)22(23,24)25)29(19-5-6-19)21(30)16-7-11-28(12-8-16)20-14-26-9-10-27-20/h2-4,9-10,13-16,19H,5-8,11-12H2,1H3. The Morgan fingerprint density at radius 1 is 1.17 bits per heavy atom. The van der Waals surface area contributed by atoms with Gasteiger partial charge in [0, 0.05) is 37.4 Å². The van der Waals surface area contributed by atoms with Gasteiger partial charge >= 0.3 is 6.18 Å². The minimum absolute atomic E-state index is 0.0567. The fraction of sp³-hybridized carbons (Fsp3) is 0.500. The summed E-state index contributed by atoms with van der Waals surface area (Å²) in [6, 6.07) is 5.08. The topological polar surface area (TPSA) is 49.3 Å². The molecule has 2 aromatic rings. The van der Waals surface area contributed by atoms with E-state index in [4.69, 9.17) is 0 Å². The highest BCUT2D eigenvalue weighted by Crippen LogP contribution is 2.38. The Hall–Kier alpha value is -2.64. The van der Waals surface area contributed by atoms with Crippen LogP contribution in [0.25, 0.3) is 0 Å². The van der Waals surface area contributed by atoms with Crippen molar-refractivity contribution in [3.8, 4) is 0 Å². The molecule has 1 aliphatic heterocycles. The van der Waals surface area contributed by atoms with Gasteiger partial charge in [-0.15, -0.1) is 0 Å². The largest absolute Gasteiger partial charge is 0.416 e. The average molecular weight is 418 g/mol. The van der Waals surface area contributed by atoms with E-state index in [1.165, 1.54) is 12.1 Å². The molecule has 5 nitrogen and oxygen atoms in total. The summed E-state index contributed by atoms with van der Waals surface area (Å²) in [5.41, 5.74) is -0.144. The van der Waals surface area contributed by atoms with Gasteiger partial charge in [0.1, 0.15) is 5.82 Å². The molecule has 0 bridgehead atoms. The van der Waals surface area contributed by atoms with Crippen molar-refractivity contribution in [1.29, 1.82) is 0 Å². The summed E-state index contributed by atoms with van der Waals surface area (Å²) in [4.78, 5) is 25.7. The molecule has 2 fully saturated rings. The molecular formula is C22H25F3N4O. The third-order valence-electron chi connectivity index (χ3n) is 6.03. The summed E-state index contributed by atoms with van der Waals surface area (Å²) in [5, 5.41) is 0. The molecule has 4 rings (SSSR count). The van der Waals surface area contributed by atoms with Crippen molar-refractivity contribution in [2.75, 3.05) is 18.0 Å². The van der Waals surface area contributed by atoms with Crippen molar-refractivity contribution in [2.45, 2.75) is 50.9 Å². The maximum atomic E-state index is 13.4. The van der Waals surface area contributed by atoms with Gasteiger partial charge in [-0.25, -0.2) is 4.98 Å². The van der Waals surface area contributed by atoms with Crippen LogP contribution in [0.2, 0.25) is 0 Å².